The number of nitrogens with one attached hydrogen (secondary N) is 1. The van der Waals surface area contributed by atoms with E-state index in [2.05, 4.69) is 9.68 Å². The molecule has 0 fully saturated rings. The topological polar surface area (TPSA) is 71.0 Å². The second-order valence-electron chi connectivity index (χ2n) is 1.26. The third-order valence-electron chi connectivity index (χ3n) is 0.728. The monoisotopic (exact) mass is 150 g/mol. The highest BCUT2D eigenvalue weighted by Gasteiger charge is 2.09. The molecule has 0 aliphatic carbocycles. The second-order valence-corrected chi connectivity index (χ2v) is 1.26. The fraction of sp³-hybridized carbons (Fsp3) is 0.750. The first-order chi connectivity index (χ1) is 4.76. The molecule has 2 N–H and O–H groups in total. The summed E-state index contributed by atoms with van der Waals surface area (Å²) in [6.07, 6.45) is 0. The first kappa shape index (κ1) is 9.15. The van der Waals surface area contributed by atoms with Crippen LogP contribution in [0.3, 0.4) is 0 Å². The molecule has 10 heavy (non-hydrogen) atoms. The highest BCUT2D eigenvalue weighted by Crippen LogP contribution is 1.86. The van der Waals surface area contributed by atoms with Crippen LogP contribution in [-0.2, 0) is 9.68 Å². The highest BCUT2D eigenvalue weighted by atomic mass is 16.9. The van der Waals surface area contributed by atoms with Gasteiger partial charge < -0.3 is 10.4 Å². The SMILES string of the molecule is CON(OC)C(=O)NCO. The lowest BCUT2D eigenvalue weighted by Crippen LogP contribution is -2.38. The van der Waals surface area contributed by atoms with E-state index in [9.17, 15) is 4.79 Å². The smallest absolute Gasteiger partial charge is 0.368 e. The first-order valence-corrected chi connectivity index (χ1v) is 2.53. The van der Waals surface area contributed by atoms with Gasteiger partial charge in [-0.1, -0.05) is 5.23 Å². The molecule has 2 amide bonds. The lowest BCUT2D eigenvalue weighted by Gasteiger charge is -2.14. The number of hydrogen-bond acceptors (Lipinski definition) is 4. The molecule has 0 radical (unpaired) electrons. The van der Waals surface area contributed by atoms with Gasteiger partial charge in [-0.25, -0.2) is 14.5 Å². The number of nitrogens with zero attached hydrogens (tertiary/aromatic N) is 1. The van der Waals surface area contributed by atoms with E-state index in [1.54, 1.807) is 0 Å². The minimum atomic E-state index is -0.660. The van der Waals surface area contributed by atoms with Crippen molar-refractivity contribution >= 4 is 6.03 Å². The predicted molar refractivity (Wildman–Crippen MR) is 31.5 cm³/mol. The second kappa shape index (κ2) is 4.98. The van der Waals surface area contributed by atoms with Crippen molar-refractivity contribution in [3.63, 3.8) is 0 Å². The summed E-state index contributed by atoms with van der Waals surface area (Å²) in [4.78, 5) is 19.4. The van der Waals surface area contributed by atoms with Crippen LogP contribution in [0.5, 0.6) is 0 Å². The Labute approximate surface area is 58.2 Å². The molecule has 0 aromatic carbocycles. The zero-order chi connectivity index (χ0) is 7.98. The Bertz CT molecular complexity index is 103. The van der Waals surface area contributed by atoms with Crippen LogP contribution in [0.2, 0.25) is 0 Å². The summed E-state index contributed by atoms with van der Waals surface area (Å²) in [6.45, 7) is -0.456. The Morgan fingerprint density at radius 2 is 2.10 bits per heavy atom. The summed E-state index contributed by atoms with van der Waals surface area (Å²) in [6, 6.07) is -0.660. The van der Waals surface area contributed by atoms with E-state index in [4.69, 9.17) is 5.11 Å². The molecule has 0 rings (SSSR count). The van der Waals surface area contributed by atoms with E-state index in [1.807, 2.05) is 5.32 Å². The molecule has 0 saturated heterocycles. The van der Waals surface area contributed by atoms with E-state index < -0.39 is 12.8 Å². The zero-order valence-corrected chi connectivity index (χ0v) is 5.83. The number of aliphatic hydroxyl groups excluding tert-OH is 1. The van der Waals surface area contributed by atoms with Crippen molar-refractivity contribution in [1.29, 1.82) is 0 Å². The molecule has 0 atom stereocenters. The van der Waals surface area contributed by atoms with Crippen LogP contribution in [-0.4, -0.2) is 37.3 Å². The minimum Gasteiger partial charge on any atom is -0.376 e. The number of rotatable bonds is 3. The summed E-state index contributed by atoms with van der Waals surface area (Å²) in [5, 5.41) is 10.8. The number of amides is 2. The van der Waals surface area contributed by atoms with Gasteiger partial charge in [0.25, 0.3) is 0 Å². The van der Waals surface area contributed by atoms with Crippen molar-refractivity contribution in [2.24, 2.45) is 0 Å². The largest absolute Gasteiger partial charge is 0.376 e. The molecular formula is C4H10N2O4. The predicted octanol–water partition coefficient (Wildman–Crippen LogP) is -0.929. The Kier molecular flexibility index (Phi) is 4.55. The highest BCUT2D eigenvalue weighted by molar-refractivity contribution is 5.71. The third-order valence-corrected chi connectivity index (χ3v) is 0.728. The van der Waals surface area contributed by atoms with Crippen LogP contribution in [0.15, 0.2) is 0 Å². The van der Waals surface area contributed by atoms with Gasteiger partial charge in [-0.3, -0.25) is 0 Å². The lowest BCUT2D eigenvalue weighted by molar-refractivity contribution is -0.298. The third kappa shape index (κ3) is 2.62. The van der Waals surface area contributed by atoms with Gasteiger partial charge >= 0.3 is 6.03 Å². The van der Waals surface area contributed by atoms with Crippen LogP contribution in [0, 0.1) is 0 Å². The van der Waals surface area contributed by atoms with E-state index in [0.29, 0.717) is 5.23 Å². The van der Waals surface area contributed by atoms with Crippen molar-refractivity contribution in [3.8, 4) is 0 Å². The molecule has 0 bridgehead atoms. The number of aliphatic hydroxyl groups is 1. The van der Waals surface area contributed by atoms with Crippen molar-refractivity contribution in [2.75, 3.05) is 21.0 Å². The van der Waals surface area contributed by atoms with Crippen molar-refractivity contribution in [1.82, 2.24) is 10.5 Å². The summed E-state index contributed by atoms with van der Waals surface area (Å²) in [5.74, 6) is 0. The molecule has 0 aromatic heterocycles. The Balaban J connectivity index is 3.65. The van der Waals surface area contributed by atoms with Gasteiger partial charge in [0.2, 0.25) is 0 Å². The number of urea groups is 1. The van der Waals surface area contributed by atoms with Crippen molar-refractivity contribution in [2.45, 2.75) is 0 Å². The van der Waals surface area contributed by atoms with Crippen LogP contribution in [0.4, 0.5) is 4.79 Å². The fourth-order valence-corrected chi connectivity index (χ4v) is 0.373. The van der Waals surface area contributed by atoms with E-state index in [0.717, 1.165) is 0 Å². The standard InChI is InChI=1S/C4H10N2O4/c1-9-6(10-2)4(8)5-3-7/h7H,3H2,1-2H3,(H,5,8). The quantitative estimate of drug-likeness (QED) is 0.403. The molecule has 0 unspecified atom stereocenters. The number of carbonyl (C=O) groups excluding carboxylic acids is 1. The number of hydrogen-bond donors (Lipinski definition) is 2. The Morgan fingerprint density at radius 1 is 1.60 bits per heavy atom. The van der Waals surface area contributed by atoms with Gasteiger partial charge in [-0.05, 0) is 0 Å². The molecule has 0 heterocycles. The van der Waals surface area contributed by atoms with Gasteiger partial charge in [0, 0.05) is 0 Å². The maximum atomic E-state index is 10.6. The van der Waals surface area contributed by atoms with Crippen molar-refractivity contribution in [3.05, 3.63) is 0 Å². The average Bonchev–Trinajstić information content (AvgIpc) is 1.91. The van der Waals surface area contributed by atoms with Gasteiger partial charge in [0.05, 0.1) is 14.2 Å². The van der Waals surface area contributed by atoms with Crippen LogP contribution < -0.4 is 5.32 Å². The average molecular weight is 150 g/mol. The Morgan fingerprint density at radius 3 is 2.40 bits per heavy atom. The van der Waals surface area contributed by atoms with Crippen LogP contribution in [0.25, 0.3) is 0 Å². The molecule has 6 heteroatoms. The van der Waals surface area contributed by atoms with Gasteiger partial charge in [-0.15, -0.1) is 0 Å². The lowest BCUT2D eigenvalue weighted by atomic mass is 11.0. The van der Waals surface area contributed by atoms with E-state index >= 15 is 0 Å². The van der Waals surface area contributed by atoms with E-state index in [1.165, 1.54) is 14.2 Å². The Hall–Kier alpha value is -0.850. The molecule has 0 aliphatic heterocycles. The van der Waals surface area contributed by atoms with Gasteiger partial charge in [0.1, 0.15) is 6.73 Å². The van der Waals surface area contributed by atoms with Crippen LogP contribution in [0.1, 0.15) is 0 Å². The normalized spacial score (nSPS) is 9.10. The molecule has 60 valence electrons. The molecule has 0 aliphatic rings. The summed E-state index contributed by atoms with van der Waals surface area (Å²) in [5.41, 5.74) is 0. The van der Waals surface area contributed by atoms with E-state index in [-0.39, 0.29) is 0 Å². The van der Waals surface area contributed by atoms with Crippen LogP contribution >= 0.6 is 0 Å². The molecule has 0 aromatic rings. The van der Waals surface area contributed by atoms with Gasteiger partial charge in [0.15, 0.2) is 0 Å². The first-order valence-electron chi connectivity index (χ1n) is 2.53. The fourth-order valence-electron chi connectivity index (χ4n) is 0.373. The summed E-state index contributed by atoms with van der Waals surface area (Å²) >= 11 is 0. The van der Waals surface area contributed by atoms with Crippen molar-refractivity contribution < 1.29 is 19.6 Å². The number of hydroxylamine groups is 2. The summed E-state index contributed by atoms with van der Waals surface area (Å²) < 4.78 is 0. The zero-order valence-electron chi connectivity index (χ0n) is 5.83. The van der Waals surface area contributed by atoms with Gasteiger partial charge in [-0.2, -0.15) is 0 Å². The molecular weight excluding hydrogens is 140 g/mol. The molecule has 0 spiro atoms. The maximum Gasteiger partial charge on any atom is 0.368 e. The molecule has 6 nitrogen and oxygen atoms in total. The maximum absolute atomic E-state index is 10.6. The number of carbonyl (C=O) groups is 1. The molecule has 0 saturated carbocycles. The summed E-state index contributed by atoms with van der Waals surface area (Å²) in [7, 11) is 2.53. The minimum absolute atomic E-state index is 0.456.